The lowest BCUT2D eigenvalue weighted by atomic mass is 9.75. The smallest absolute Gasteiger partial charge is 0.299 e. The summed E-state index contributed by atoms with van der Waals surface area (Å²) >= 11 is 0. The number of carbonyl (C=O) groups excluding carboxylic acids is 3. The van der Waals surface area contributed by atoms with Crippen molar-refractivity contribution >= 4 is 17.3 Å². The fourth-order valence-electron chi connectivity index (χ4n) is 4.01. The second-order valence-electron chi connectivity index (χ2n) is 8.82. The predicted octanol–water partition coefficient (Wildman–Crippen LogP) is 6.09. The Morgan fingerprint density at radius 2 is 1.45 bits per heavy atom. The Bertz CT molecular complexity index is 1090. The van der Waals surface area contributed by atoms with Gasteiger partial charge in [-0.3, -0.25) is 14.4 Å². The van der Waals surface area contributed by atoms with Gasteiger partial charge in [0.25, 0.3) is 0 Å². The summed E-state index contributed by atoms with van der Waals surface area (Å²) in [6, 6.07) is 14.4. The Morgan fingerprint density at radius 1 is 0.879 bits per heavy atom. The summed E-state index contributed by atoms with van der Waals surface area (Å²) in [5, 5.41) is 0. The number of Topliss-reactive ketones (excluding diaryl/α,β-unsaturated/α-hetero) is 3. The lowest BCUT2D eigenvalue weighted by Gasteiger charge is -2.26. The number of ketones is 3. The lowest BCUT2D eigenvalue weighted by Crippen LogP contribution is -2.40. The van der Waals surface area contributed by atoms with Crippen LogP contribution in [-0.2, 0) is 20.8 Å². The molecular formula is C25H23F5O3. The zero-order valence-electron chi connectivity index (χ0n) is 18.1. The number of benzene rings is 2. The van der Waals surface area contributed by atoms with Crippen molar-refractivity contribution in [2.75, 3.05) is 0 Å². The first-order valence-electron chi connectivity index (χ1n) is 10.5. The Labute approximate surface area is 188 Å². The number of hydrogen-bond donors (Lipinski definition) is 0. The first-order chi connectivity index (χ1) is 15.3. The third-order valence-electron chi connectivity index (χ3n) is 6.26. The van der Waals surface area contributed by atoms with E-state index >= 15 is 0 Å². The molecule has 0 aromatic heterocycles. The van der Waals surface area contributed by atoms with E-state index in [-0.39, 0.29) is 18.6 Å². The van der Waals surface area contributed by atoms with E-state index in [1.165, 1.54) is 13.8 Å². The Balaban J connectivity index is 1.83. The van der Waals surface area contributed by atoms with Crippen LogP contribution in [0.3, 0.4) is 0 Å². The monoisotopic (exact) mass is 466 g/mol. The van der Waals surface area contributed by atoms with Crippen molar-refractivity contribution in [1.82, 2.24) is 0 Å². The molecule has 1 aliphatic carbocycles. The highest BCUT2D eigenvalue weighted by molar-refractivity contribution is 6.08. The number of carbonyl (C=O) groups is 3. The van der Waals surface area contributed by atoms with Crippen LogP contribution in [0.5, 0.6) is 0 Å². The van der Waals surface area contributed by atoms with Gasteiger partial charge in [-0.15, -0.1) is 0 Å². The molecule has 0 unspecified atom stereocenters. The first kappa shape index (κ1) is 24.7. The standard InChI is InChI=1S/C25H23F5O3/c1-23(2,21(32)11-12-24(26,27)25(28,29)30)22(33)14-19-18-10-6-5-9-17(18)16-8-4-3-7-15(16)13-20(19)31/h3-10,19H,11-14H2,1-2H3/t19-/m0/s1. The molecule has 0 fully saturated rings. The molecule has 8 heteroatoms. The van der Waals surface area contributed by atoms with Gasteiger partial charge in [-0.1, -0.05) is 48.5 Å². The lowest BCUT2D eigenvalue weighted by molar-refractivity contribution is -0.284. The molecule has 0 saturated carbocycles. The van der Waals surface area contributed by atoms with Gasteiger partial charge in [-0.25, -0.2) is 0 Å². The quantitative estimate of drug-likeness (QED) is 0.366. The summed E-state index contributed by atoms with van der Waals surface area (Å²) in [6.07, 6.45) is -8.88. The molecule has 0 N–H and O–H groups in total. The van der Waals surface area contributed by atoms with E-state index in [2.05, 4.69) is 0 Å². The van der Waals surface area contributed by atoms with E-state index in [4.69, 9.17) is 0 Å². The molecule has 3 rings (SSSR count). The largest absolute Gasteiger partial charge is 0.453 e. The molecule has 1 atom stereocenters. The third kappa shape index (κ3) is 4.89. The SMILES string of the molecule is CC(C)(C(=O)CCC(F)(F)C(F)(F)F)C(=O)C[C@@H]1C(=O)Cc2ccccc2-c2ccccc21. The van der Waals surface area contributed by atoms with Crippen molar-refractivity contribution < 1.29 is 36.3 Å². The Hall–Kier alpha value is -2.90. The minimum absolute atomic E-state index is 0.0784. The molecule has 1 aliphatic rings. The predicted molar refractivity (Wildman–Crippen MR) is 112 cm³/mol. The molecule has 0 spiro atoms. The molecule has 0 amide bonds. The summed E-state index contributed by atoms with van der Waals surface area (Å²) in [4.78, 5) is 38.6. The van der Waals surface area contributed by atoms with Crippen LogP contribution in [-0.4, -0.2) is 29.4 Å². The van der Waals surface area contributed by atoms with E-state index in [1.807, 2.05) is 24.3 Å². The first-order valence-corrected chi connectivity index (χ1v) is 10.5. The van der Waals surface area contributed by atoms with Gasteiger partial charge in [-0.05, 0) is 36.1 Å². The van der Waals surface area contributed by atoms with E-state index < -0.39 is 47.8 Å². The van der Waals surface area contributed by atoms with Gasteiger partial charge in [0.05, 0.1) is 11.3 Å². The van der Waals surface area contributed by atoms with Crippen molar-refractivity contribution in [2.45, 2.75) is 57.5 Å². The van der Waals surface area contributed by atoms with E-state index in [0.29, 0.717) is 5.56 Å². The zero-order valence-corrected chi connectivity index (χ0v) is 18.1. The fourth-order valence-corrected chi connectivity index (χ4v) is 4.01. The third-order valence-corrected chi connectivity index (χ3v) is 6.26. The topological polar surface area (TPSA) is 51.2 Å². The van der Waals surface area contributed by atoms with Crippen LogP contribution in [0.4, 0.5) is 22.0 Å². The minimum atomic E-state index is -5.77. The number of alkyl halides is 5. The van der Waals surface area contributed by atoms with Gasteiger partial charge in [0.1, 0.15) is 17.3 Å². The van der Waals surface area contributed by atoms with Gasteiger partial charge in [-0.2, -0.15) is 22.0 Å². The summed E-state index contributed by atoms with van der Waals surface area (Å²) in [7, 11) is 0. The van der Waals surface area contributed by atoms with Crippen LogP contribution in [0.25, 0.3) is 11.1 Å². The maximum Gasteiger partial charge on any atom is 0.453 e. The van der Waals surface area contributed by atoms with Crippen molar-refractivity contribution in [3.63, 3.8) is 0 Å². The van der Waals surface area contributed by atoms with Gasteiger partial charge >= 0.3 is 12.1 Å². The summed E-state index contributed by atoms with van der Waals surface area (Å²) in [5.74, 6) is -7.81. The summed E-state index contributed by atoms with van der Waals surface area (Å²) < 4.78 is 63.7. The van der Waals surface area contributed by atoms with Gasteiger partial charge < -0.3 is 0 Å². The van der Waals surface area contributed by atoms with E-state index in [9.17, 15) is 36.3 Å². The van der Waals surface area contributed by atoms with Crippen molar-refractivity contribution in [3.8, 4) is 11.1 Å². The molecule has 0 aliphatic heterocycles. The maximum atomic E-state index is 13.2. The average molecular weight is 466 g/mol. The second kappa shape index (κ2) is 8.80. The second-order valence-corrected chi connectivity index (χ2v) is 8.82. The number of rotatable bonds is 7. The van der Waals surface area contributed by atoms with E-state index in [0.717, 1.165) is 16.7 Å². The highest BCUT2D eigenvalue weighted by Gasteiger charge is 2.57. The average Bonchev–Trinajstić information content (AvgIpc) is 2.86. The van der Waals surface area contributed by atoms with Crippen LogP contribution in [0.1, 0.15) is 50.2 Å². The maximum absolute atomic E-state index is 13.2. The minimum Gasteiger partial charge on any atom is -0.299 e. The molecule has 0 radical (unpaired) electrons. The van der Waals surface area contributed by atoms with Crippen molar-refractivity contribution in [3.05, 3.63) is 59.7 Å². The molecule has 33 heavy (non-hydrogen) atoms. The van der Waals surface area contributed by atoms with Gasteiger partial charge in [0.15, 0.2) is 0 Å². The van der Waals surface area contributed by atoms with Gasteiger partial charge in [0, 0.05) is 25.7 Å². The molecule has 0 saturated heterocycles. The van der Waals surface area contributed by atoms with Crippen LogP contribution < -0.4 is 0 Å². The zero-order chi connectivity index (χ0) is 24.6. The molecule has 2 aromatic carbocycles. The Kier molecular flexibility index (Phi) is 6.60. The molecule has 176 valence electrons. The molecule has 0 heterocycles. The van der Waals surface area contributed by atoms with E-state index in [1.54, 1.807) is 24.3 Å². The normalized spacial score (nSPS) is 16.6. The number of fused-ring (bicyclic) bond motifs is 3. The highest BCUT2D eigenvalue weighted by atomic mass is 19.4. The Morgan fingerprint density at radius 3 is 2.09 bits per heavy atom. The highest BCUT2D eigenvalue weighted by Crippen LogP contribution is 2.41. The van der Waals surface area contributed by atoms with Crippen LogP contribution in [0.2, 0.25) is 0 Å². The summed E-state index contributed by atoms with van der Waals surface area (Å²) in [6.45, 7) is 2.40. The molecule has 3 nitrogen and oxygen atoms in total. The van der Waals surface area contributed by atoms with Crippen molar-refractivity contribution in [1.29, 1.82) is 0 Å². The van der Waals surface area contributed by atoms with Crippen LogP contribution in [0.15, 0.2) is 48.5 Å². The van der Waals surface area contributed by atoms with Gasteiger partial charge in [0.2, 0.25) is 0 Å². The summed E-state index contributed by atoms with van der Waals surface area (Å²) in [5.41, 5.74) is 1.25. The molecule has 2 aromatic rings. The van der Waals surface area contributed by atoms with Crippen molar-refractivity contribution in [2.24, 2.45) is 5.41 Å². The van der Waals surface area contributed by atoms with Crippen LogP contribution >= 0.6 is 0 Å². The van der Waals surface area contributed by atoms with Crippen LogP contribution in [0, 0.1) is 5.41 Å². The molecule has 0 bridgehead atoms. The fraction of sp³-hybridized carbons (Fsp3) is 0.400. The molecular weight excluding hydrogens is 443 g/mol. The number of halogens is 5. The number of hydrogen-bond acceptors (Lipinski definition) is 3.